The molecule has 6 heteroatoms. The number of rotatable bonds is 4. The number of aromatic nitrogens is 2. The van der Waals surface area contributed by atoms with Crippen LogP contribution in [0.5, 0.6) is 0 Å². The van der Waals surface area contributed by atoms with Crippen molar-refractivity contribution in [2.45, 2.75) is 45.6 Å². The smallest absolute Gasteiger partial charge is 0.313 e. The lowest BCUT2D eigenvalue weighted by molar-refractivity contribution is -0.145. The molecule has 0 N–H and O–H groups in total. The zero-order valence-corrected chi connectivity index (χ0v) is 14.2. The SMILES string of the molecule is C=CCn1c(C)nc2sc3c(c2c1=O)C(C(=O)OCC)CCC3. The van der Waals surface area contributed by atoms with Gasteiger partial charge in [0.15, 0.2) is 0 Å². The van der Waals surface area contributed by atoms with Crippen molar-refractivity contribution in [1.82, 2.24) is 9.55 Å². The number of nitrogens with zero attached hydrogens (tertiary/aromatic N) is 2. The Labute approximate surface area is 138 Å². The van der Waals surface area contributed by atoms with E-state index in [9.17, 15) is 9.59 Å². The minimum atomic E-state index is -0.346. The van der Waals surface area contributed by atoms with E-state index in [4.69, 9.17) is 4.74 Å². The van der Waals surface area contributed by atoms with Gasteiger partial charge in [-0.25, -0.2) is 4.98 Å². The van der Waals surface area contributed by atoms with Crippen LogP contribution in [0.25, 0.3) is 10.2 Å². The Balaban J connectivity index is 2.25. The number of aryl methyl sites for hydroxylation is 2. The van der Waals surface area contributed by atoms with E-state index in [1.807, 2.05) is 6.92 Å². The molecular weight excluding hydrogens is 312 g/mol. The zero-order valence-electron chi connectivity index (χ0n) is 13.4. The van der Waals surface area contributed by atoms with Crippen molar-refractivity contribution in [3.63, 3.8) is 0 Å². The van der Waals surface area contributed by atoms with Crippen molar-refractivity contribution < 1.29 is 9.53 Å². The summed E-state index contributed by atoms with van der Waals surface area (Å²) in [4.78, 5) is 31.7. The normalized spacial score (nSPS) is 17.0. The van der Waals surface area contributed by atoms with Crippen LogP contribution < -0.4 is 5.56 Å². The van der Waals surface area contributed by atoms with Crippen LogP contribution in [0.4, 0.5) is 0 Å². The first-order valence-electron chi connectivity index (χ1n) is 7.88. The summed E-state index contributed by atoms with van der Waals surface area (Å²) in [5, 5.41) is 0.593. The fraction of sp³-hybridized carbons (Fsp3) is 0.471. The molecule has 3 rings (SSSR count). The van der Waals surface area contributed by atoms with Gasteiger partial charge in [0.25, 0.3) is 5.56 Å². The molecular formula is C17H20N2O3S. The summed E-state index contributed by atoms with van der Waals surface area (Å²) >= 11 is 1.54. The molecule has 23 heavy (non-hydrogen) atoms. The van der Waals surface area contributed by atoms with E-state index in [-0.39, 0.29) is 17.4 Å². The quantitative estimate of drug-likeness (QED) is 0.638. The average Bonchev–Trinajstić information content (AvgIpc) is 2.89. The molecule has 2 aromatic heterocycles. The van der Waals surface area contributed by atoms with Gasteiger partial charge in [0.05, 0.1) is 17.9 Å². The number of ether oxygens (including phenoxy) is 1. The van der Waals surface area contributed by atoms with E-state index in [1.165, 1.54) is 11.3 Å². The van der Waals surface area contributed by atoms with Crippen molar-refractivity contribution in [1.29, 1.82) is 0 Å². The molecule has 0 aliphatic heterocycles. The topological polar surface area (TPSA) is 61.2 Å². The molecule has 1 unspecified atom stereocenters. The molecule has 1 atom stereocenters. The number of esters is 1. The van der Waals surface area contributed by atoms with Gasteiger partial charge in [0.1, 0.15) is 10.7 Å². The Bertz CT molecular complexity index is 834. The van der Waals surface area contributed by atoms with E-state index in [2.05, 4.69) is 11.6 Å². The van der Waals surface area contributed by atoms with Gasteiger partial charge in [-0.15, -0.1) is 17.9 Å². The van der Waals surface area contributed by atoms with Crippen LogP contribution in [-0.2, 0) is 22.5 Å². The molecule has 0 radical (unpaired) electrons. The zero-order chi connectivity index (χ0) is 16.6. The van der Waals surface area contributed by atoms with Gasteiger partial charge in [0, 0.05) is 11.4 Å². The van der Waals surface area contributed by atoms with Crippen molar-refractivity contribution in [3.05, 3.63) is 39.3 Å². The van der Waals surface area contributed by atoms with Crippen molar-refractivity contribution in [3.8, 4) is 0 Å². The van der Waals surface area contributed by atoms with Gasteiger partial charge < -0.3 is 4.74 Å². The molecule has 122 valence electrons. The van der Waals surface area contributed by atoms with E-state index in [0.29, 0.717) is 24.4 Å². The second-order valence-corrected chi connectivity index (χ2v) is 6.76. The Morgan fingerprint density at radius 3 is 3.04 bits per heavy atom. The average molecular weight is 332 g/mol. The van der Waals surface area contributed by atoms with E-state index >= 15 is 0 Å². The first kappa shape index (κ1) is 15.9. The Kier molecular flexibility index (Phi) is 4.35. The highest BCUT2D eigenvalue weighted by Gasteiger charge is 2.33. The van der Waals surface area contributed by atoms with Gasteiger partial charge in [-0.05, 0) is 38.7 Å². The summed E-state index contributed by atoms with van der Waals surface area (Å²) in [6.07, 6.45) is 4.24. The molecule has 0 amide bonds. The number of allylic oxidation sites excluding steroid dienone is 1. The third-order valence-electron chi connectivity index (χ3n) is 4.24. The van der Waals surface area contributed by atoms with Gasteiger partial charge in [-0.1, -0.05) is 6.08 Å². The monoisotopic (exact) mass is 332 g/mol. The standard InChI is InChI=1S/C17H20N2O3S/c1-4-9-19-10(3)18-15-14(16(19)20)13-11(17(21)22-5-2)7-6-8-12(13)23-15/h4,11H,1,5-9H2,2-3H3. The fourth-order valence-corrected chi connectivity index (χ4v) is 4.55. The van der Waals surface area contributed by atoms with Crippen LogP contribution in [0.15, 0.2) is 17.4 Å². The third-order valence-corrected chi connectivity index (χ3v) is 5.40. The summed E-state index contributed by atoms with van der Waals surface area (Å²) in [7, 11) is 0. The molecule has 0 bridgehead atoms. The molecule has 2 heterocycles. The molecule has 5 nitrogen and oxygen atoms in total. The van der Waals surface area contributed by atoms with Crippen LogP contribution in [0.1, 0.15) is 41.9 Å². The molecule has 0 aromatic carbocycles. The van der Waals surface area contributed by atoms with E-state index in [0.717, 1.165) is 34.5 Å². The number of carbonyl (C=O) groups excluding carboxylic acids is 1. The van der Waals surface area contributed by atoms with Gasteiger partial charge in [-0.3, -0.25) is 14.2 Å². The van der Waals surface area contributed by atoms with E-state index < -0.39 is 0 Å². The van der Waals surface area contributed by atoms with Crippen LogP contribution in [0.3, 0.4) is 0 Å². The van der Waals surface area contributed by atoms with Crippen LogP contribution in [-0.4, -0.2) is 22.1 Å². The van der Waals surface area contributed by atoms with Crippen molar-refractivity contribution in [2.24, 2.45) is 0 Å². The predicted octanol–water partition coefficient (Wildman–Crippen LogP) is 2.94. The Morgan fingerprint density at radius 2 is 2.35 bits per heavy atom. The fourth-order valence-electron chi connectivity index (χ4n) is 3.24. The summed E-state index contributed by atoms with van der Waals surface area (Å²) in [6, 6.07) is 0. The molecule has 1 aliphatic carbocycles. The molecule has 0 fully saturated rings. The maximum atomic E-state index is 12.9. The maximum absolute atomic E-state index is 12.9. The molecule has 1 aliphatic rings. The number of thiophene rings is 1. The third kappa shape index (κ3) is 2.61. The Morgan fingerprint density at radius 1 is 1.57 bits per heavy atom. The molecule has 0 saturated carbocycles. The largest absolute Gasteiger partial charge is 0.466 e. The molecule has 0 saturated heterocycles. The van der Waals surface area contributed by atoms with Crippen molar-refractivity contribution >= 4 is 27.5 Å². The lowest BCUT2D eigenvalue weighted by atomic mass is 9.86. The highest BCUT2D eigenvalue weighted by Crippen LogP contribution is 2.41. The molecule has 0 spiro atoms. The first-order chi connectivity index (χ1) is 11.1. The van der Waals surface area contributed by atoms with Crippen LogP contribution in [0, 0.1) is 6.92 Å². The lowest BCUT2D eigenvalue weighted by Gasteiger charge is -2.21. The second-order valence-electron chi connectivity index (χ2n) is 5.68. The molecule has 2 aromatic rings. The van der Waals surface area contributed by atoms with Crippen LogP contribution in [0.2, 0.25) is 0 Å². The number of hydrogen-bond donors (Lipinski definition) is 0. The highest BCUT2D eigenvalue weighted by molar-refractivity contribution is 7.18. The van der Waals surface area contributed by atoms with Gasteiger partial charge in [0.2, 0.25) is 0 Å². The second kappa shape index (κ2) is 6.28. The summed E-state index contributed by atoms with van der Waals surface area (Å²) < 4.78 is 6.83. The summed E-state index contributed by atoms with van der Waals surface area (Å²) in [6.45, 7) is 8.10. The lowest BCUT2D eigenvalue weighted by Crippen LogP contribution is -2.26. The Hall–Kier alpha value is -1.95. The maximum Gasteiger partial charge on any atom is 0.313 e. The minimum absolute atomic E-state index is 0.0823. The summed E-state index contributed by atoms with van der Waals surface area (Å²) in [5.41, 5.74) is 0.770. The number of fused-ring (bicyclic) bond motifs is 3. The highest BCUT2D eigenvalue weighted by atomic mass is 32.1. The van der Waals surface area contributed by atoms with Gasteiger partial charge >= 0.3 is 5.97 Å². The number of carbonyl (C=O) groups is 1. The van der Waals surface area contributed by atoms with Crippen molar-refractivity contribution in [2.75, 3.05) is 6.61 Å². The van der Waals surface area contributed by atoms with Crippen LogP contribution >= 0.6 is 11.3 Å². The first-order valence-corrected chi connectivity index (χ1v) is 8.70. The van der Waals surface area contributed by atoms with Gasteiger partial charge in [-0.2, -0.15) is 0 Å². The predicted molar refractivity (Wildman–Crippen MR) is 91.1 cm³/mol. The van der Waals surface area contributed by atoms with E-state index in [1.54, 1.807) is 17.6 Å². The minimum Gasteiger partial charge on any atom is -0.466 e. The summed E-state index contributed by atoms with van der Waals surface area (Å²) in [5.74, 6) is 0.0962. The number of hydrogen-bond acceptors (Lipinski definition) is 5.